The number of hydrogen-bond donors (Lipinski definition) is 2. The Bertz CT molecular complexity index is 638. The minimum atomic E-state index is 0. The summed E-state index contributed by atoms with van der Waals surface area (Å²) < 4.78 is 11.6. The number of thioether (sulfide) groups is 1. The summed E-state index contributed by atoms with van der Waals surface area (Å²) in [5.74, 6) is 4.29. The van der Waals surface area contributed by atoms with E-state index in [0.29, 0.717) is 0 Å². The number of ether oxygens (including phenoxy) is 2. The molecule has 6 nitrogen and oxygen atoms in total. The Morgan fingerprint density at radius 3 is 2.82 bits per heavy atom. The van der Waals surface area contributed by atoms with Gasteiger partial charge in [0.25, 0.3) is 0 Å². The Hall–Kier alpha value is -0.710. The van der Waals surface area contributed by atoms with Crippen molar-refractivity contribution in [3.05, 3.63) is 29.8 Å². The molecule has 0 spiro atoms. The van der Waals surface area contributed by atoms with Crippen LogP contribution in [-0.2, 0) is 11.2 Å². The van der Waals surface area contributed by atoms with Gasteiger partial charge in [0.05, 0.1) is 19.8 Å². The highest BCUT2D eigenvalue weighted by Crippen LogP contribution is 2.33. The molecule has 0 saturated carbocycles. The molecule has 8 heteroatoms. The molecule has 1 aromatic rings. The minimum Gasteiger partial charge on any atom is -0.488 e. The highest BCUT2D eigenvalue weighted by Gasteiger charge is 2.40. The fourth-order valence-corrected chi connectivity index (χ4v) is 5.66. The molecule has 3 aliphatic rings. The first-order valence-electron chi connectivity index (χ1n) is 9.89. The third-order valence-electron chi connectivity index (χ3n) is 5.78. The van der Waals surface area contributed by atoms with Crippen LogP contribution < -0.4 is 15.4 Å². The number of guanidine groups is 1. The number of halogens is 1. The van der Waals surface area contributed by atoms with Gasteiger partial charge in [-0.3, -0.25) is 9.89 Å². The summed E-state index contributed by atoms with van der Waals surface area (Å²) in [5.41, 5.74) is 1.51. The summed E-state index contributed by atoms with van der Waals surface area (Å²) in [4.78, 5) is 7.04. The Kier molecular flexibility index (Phi) is 8.13. The Morgan fingerprint density at radius 1 is 1.29 bits per heavy atom. The second-order valence-electron chi connectivity index (χ2n) is 7.48. The number of nitrogens with one attached hydrogen (secondary N) is 2. The molecule has 2 saturated heterocycles. The lowest BCUT2D eigenvalue weighted by Gasteiger charge is -2.43. The lowest BCUT2D eigenvalue weighted by molar-refractivity contribution is -0.0120. The summed E-state index contributed by atoms with van der Waals surface area (Å²) >= 11 is 2.06. The van der Waals surface area contributed by atoms with Gasteiger partial charge in [-0.25, -0.2) is 0 Å². The monoisotopic (exact) mass is 518 g/mol. The molecule has 1 aromatic carbocycles. The number of rotatable bonds is 5. The molecule has 2 fully saturated rings. The van der Waals surface area contributed by atoms with E-state index in [4.69, 9.17) is 9.47 Å². The summed E-state index contributed by atoms with van der Waals surface area (Å²) in [6.45, 7) is 5.43. The predicted molar refractivity (Wildman–Crippen MR) is 126 cm³/mol. The van der Waals surface area contributed by atoms with Crippen LogP contribution in [-0.4, -0.2) is 80.4 Å². The van der Waals surface area contributed by atoms with Crippen LogP contribution in [0.5, 0.6) is 5.75 Å². The van der Waals surface area contributed by atoms with Gasteiger partial charge < -0.3 is 20.1 Å². The van der Waals surface area contributed by atoms with Gasteiger partial charge in [-0.2, -0.15) is 11.8 Å². The van der Waals surface area contributed by atoms with E-state index < -0.39 is 0 Å². The number of hydrogen-bond acceptors (Lipinski definition) is 5. The Labute approximate surface area is 189 Å². The highest BCUT2D eigenvalue weighted by molar-refractivity contribution is 14.0. The number of para-hydroxylation sites is 1. The zero-order chi connectivity index (χ0) is 18.5. The molecule has 2 unspecified atom stereocenters. The predicted octanol–water partition coefficient (Wildman–Crippen LogP) is 1.98. The molecule has 2 atom stereocenters. The van der Waals surface area contributed by atoms with Crippen LogP contribution in [0.1, 0.15) is 12.0 Å². The summed E-state index contributed by atoms with van der Waals surface area (Å²) in [5, 5.41) is 7.04. The average Bonchev–Trinajstić information content (AvgIpc) is 3.36. The van der Waals surface area contributed by atoms with Crippen molar-refractivity contribution < 1.29 is 9.47 Å². The topological polar surface area (TPSA) is 58.1 Å². The molecule has 0 aromatic heterocycles. The van der Waals surface area contributed by atoms with Crippen molar-refractivity contribution in [1.82, 2.24) is 15.5 Å². The van der Waals surface area contributed by atoms with Gasteiger partial charge in [-0.05, 0) is 23.8 Å². The molecule has 0 amide bonds. The molecule has 28 heavy (non-hydrogen) atoms. The Balaban J connectivity index is 0.00000225. The normalized spacial score (nSPS) is 27.6. The standard InChI is InChI=1S/C20H30N4O2S.HI/c1-21-19(22-13-17-12-16-4-2-3-5-18(16)26-17)23-14-20(6-11-27-15-20)24-7-9-25-10-8-24;/h2-5,17H,6-15H2,1H3,(H2,21,22,23);1H. The lowest BCUT2D eigenvalue weighted by Crippen LogP contribution is -2.60. The van der Waals surface area contributed by atoms with Gasteiger partial charge in [0.2, 0.25) is 0 Å². The fraction of sp³-hybridized carbons (Fsp3) is 0.650. The second kappa shape index (κ2) is 10.4. The van der Waals surface area contributed by atoms with E-state index in [1.807, 2.05) is 19.2 Å². The van der Waals surface area contributed by atoms with Crippen LogP contribution in [0.25, 0.3) is 0 Å². The molecular formula is C20H31IN4O2S. The molecule has 0 radical (unpaired) electrons. The van der Waals surface area contributed by atoms with E-state index in [2.05, 4.69) is 44.4 Å². The van der Waals surface area contributed by atoms with E-state index in [0.717, 1.165) is 57.5 Å². The maximum absolute atomic E-state index is 6.02. The number of nitrogens with zero attached hydrogens (tertiary/aromatic N) is 2. The van der Waals surface area contributed by atoms with Crippen molar-refractivity contribution in [2.24, 2.45) is 4.99 Å². The molecule has 4 rings (SSSR count). The van der Waals surface area contributed by atoms with Crippen molar-refractivity contribution in [3.63, 3.8) is 0 Å². The number of benzene rings is 1. The first kappa shape index (κ1) is 22.0. The van der Waals surface area contributed by atoms with Gasteiger partial charge in [-0.1, -0.05) is 18.2 Å². The largest absolute Gasteiger partial charge is 0.488 e. The molecule has 3 heterocycles. The third kappa shape index (κ3) is 5.06. The van der Waals surface area contributed by atoms with Crippen LogP contribution >= 0.6 is 35.7 Å². The van der Waals surface area contributed by atoms with Gasteiger partial charge >= 0.3 is 0 Å². The molecule has 0 aliphatic carbocycles. The fourth-order valence-electron chi connectivity index (χ4n) is 4.18. The maximum Gasteiger partial charge on any atom is 0.191 e. The van der Waals surface area contributed by atoms with E-state index >= 15 is 0 Å². The van der Waals surface area contributed by atoms with Gasteiger partial charge in [0.15, 0.2) is 5.96 Å². The Morgan fingerprint density at radius 2 is 2.11 bits per heavy atom. The minimum absolute atomic E-state index is 0. The number of aliphatic imine (C=N–C) groups is 1. The molecule has 156 valence electrons. The van der Waals surface area contributed by atoms with E-state index in [1.54, 1.807) is 0 Å². The lowest BCUT2D eigenvalue weighted by atomic mass is 9.95. The average molecular weight is 518 g/mol. The second-order valence-corrected chi connectivity index (χ2v) is 8.59. The zero-order valence-corrected chi connectivity index (χ0v) is 19.6. The molecule has 0 bridgehead atoms. The van der Waals surface area contributed by atoms with Crippen molar-refractivity contribution >= 4 is 41.7 Å². The SMILES string of the molecule is CN=C(NCC1Cc2ccccc2O1)NCC1(N2CCOCC2)CCSC1.I. The smallest absolute Gasteiger partial charge is 0.191 e. The zero-order valence-electron chi connectivity index (χ0n) is 16.5. The quantitative estimate of drug-likeness (QED) is 0.354. The highest BCUT2D eigenvalue weighted by atomic mass is 127. The van der Waals surface area contributed by atoms with E-state index in [-0.39, 0.29) is 35.6 Å². The van der Waals surface area contributed by atoms with Crippen LogP contribution in [0, 0.1) is 0 Å². The molecule has 2 N–H and O–H groups in total. The van der Waals surface area contributed by atoms with Crippen molar-refractivity contribution in [2.75, 3.05) is 57.9 Å². The van der Waals surface area contributed by atoms with Gasteiger partial charge in [0.1, 0.15) is 11.9 Å². The van der Waals surface area contributed by atoms with Gasteiger partial charge in [-0.15, -0.1) is 24.0 Å². The van der Waals surface area contributed by atoms with Crippen LogP contribution in [0.2, 0.25) is 0 Å². The first-order valence-corrected chi connectivity index (χ1v) is 11.0. The van der Waals surface area contributed by atoms with Crippen LogP contribution in [0.4, 0.5) is 0 Å². The van der Waals surface area contributed by atoms with Crippen LogP contribution in [0.3, 0.4) is 0 Å². The van der Waals surface area contributed by atoms with Gasteiger partial charge in [0, 0.05) is 44.4 Å². The molecule has 3 aliphatic heterocycles. The van der Waals surface area contributed by atoms with E-state index in [9.17, 15) is 0 Å². The molecular weight excluding hydrogens is 487 g/mol. The van der Waals surface area contributed by atoms with Crippen molar-refractivity contribution in [3.8, 4) is 5.75 Å². The van der Waals surface area contributed by atoms with Crippen molar-refractivity contribution in [1.29, 1.82) is 0 Å². The van der Waals surface area contributed by atoms with Crippen molar-refractivity contribution in [2.45, 2.75) is 24.5 Å². The van der Waals surface area contributed by atoms with Crippen LogP contribution in [0.15, 0.2) is 29.3 Å². The summed E-state index contributed by atoms with van der Waals surface area (Å²) in [6, 6.07) is 8.29. The third-order valence-corrected chi connectivity index (χ3v) is 7.02. The van der Waals surface area contributed by atoms with E-state index in [1.165, 1.54) is 23.5 Å². The summed E-state index contributed by atoms with van der Waals surface area (Å²) in [7, 11) is 1.84. The number of morpholine rings is 1. The summed E-state index contributed by atoms with van der Waals surface area (Å²) in [6.07, 6.45) is 2.34. The first-order chi connectivity index (χ1) is 13.3. The maximum atomic E-state index is 6.02. The number of fused-ring (bicyclic) bond motifs is 1.